The number of carbonyl (C=O) groups excluding carboxylic acids is 2. The third-order valence-electron chi connectivity index (χ3n) is 4.87. The summed E-state index contributed by atoms with van der Waals surface area (Å²) in [5, 5.41) is 5.44. The molecule has 0 spiro atoms. The predicted octanol–water partition coefficient (Wildman–Crippen LogP) is 1.68. The predicted molar refractivity (Wildman–Crippen MR) is 109 cm³/mol. The molecular weight excluding hydrogens is 410 g/mol. The van der Waals surface area contributed by atoms with E-state index in [0.29, 0.717) is 30.3 Å². The first kappa shape index (κ1) is 20.3. The second-order valence-electron chi connectivity index (χ2n) is 6.96. The second kappa shape index (κ2) is 8.05. The van der Waals surface area contributed by atoms with Gasteiger partial charge in [0.2, 0.25) is 10.0 Å². The molecule has 2 aliphatic heterocycles. The molecule has 1 fully saturated rings. The van der Waals surface area contributed by atoms with Crippen molar-refractivity contribution in [2.75, 3.05) is 36.9 Å². The summed E-state index contributed by atoms with van der Waals surface area (Å²) >= 11 is 0. The second-order valence-corrected chi connectivity index (χ2v) is 8.90. The van der Waals surface area contributed by atoms with Gasteiger partial charge in [0.25, 0.3) is 11.8 Å². The lowest BCUT2D eigenvalue weighted by Gasteiger charge is -2.26. The number of fused-ring (bicyclic) bond motifs is 1. The SMILES string of the molecule is CC1Oc2ccc(NC(=O)c3cccc(S(=O)(=O)N4CCOCC4)c3)cc2NC1=O. The van der Waals surface area contributed by atoms with E-state index in [1.807, 2.05) is 0 Å². The van der Waals surface area contributed by atoms with E-state index in [0.717, 1.165) is 0 Å². The number of anilines is 2. The van der Waals surface area contributed by atoms with Crippen LogP contribution in [0, 0.1) is 0 Å². The summed E-state index contributed by atoms with van der Waals surface area (Å²) in [6.07, 6.45) is -0.589. The van der Waals surface area contributed by atoms with Crippen LogP contribution < -0.4 is 15.4 Å². The monoisotopic (exact) mass is 431 g/mol. The lowest BCUT2D eigenvalue weighted by atomic mass is 10.2. The van der Waals surface area contributed by atoms with Crippen LogP contribution in [0.4, 0.5) is 11.4 Å². The zero-order chi connectivity index (χ0) is 21.3. The summed E-state index contributed by atoms with van der Waals surface area (Å²) in [4.78, 5) is 24.5. The molecule has 0 saturated carbocycles. The standard InChI is InChI=1S/C20H21N3O6S/c1-13-19(24)22-17-12-15(5-6-18(17)29-13)21-20(25)14-3-2-4-16(11-14)30(26,27)23-7-9-28-10-8-23/h2-6,11-13H,7-10H2,1H3,(H,21,25)(H,22,24). The fourth-order valence-corrected chi connectivity index (χ4v) is 4.68. The summed E-state index contributed by atoms with van der Waals surface area (Å²) in [6, 6.07) is 10.8. The van der Waals surface area contributed by atoms with Gasteiger partial charge in [-0.05, 0) is 43.3 Å². The van der Waals surface area contributed by atoms with Crippen molar-refractivity contribution in [2.24, 2.45) is 0 Å². The van der Waals surface area contributed by atoms with Gasteiger partial charge in [-0.15, -0.1) is 0 Å². The Kier molecular flexibility index (Phi) is 5.46. The van der Waals surface area contributed by atoms with Gasteiger partial charge in [0.05, 0.1) is 23.8 Å². The van der Waals surface area contributed by atoms with Crippen LogP contribution in [0.25, 0.3) is 0 Å². The minimum atomic E-state index is -3.71. The van der Waals surface area contributed by atoms with Crippen LogP contribution in [0.15, 0.2) is 47.4 Å². The van der Waals surface area contributed by atoms with Gasteiger partial charge in [-0.25, -0.2) is 8.42 Å². The Hall–Kier alpha value is -2.95. The topological polar surface area (TPSA) is 114 Å². The third-order valence-corrected chi connectivity index (χ3v) is 6.77. The van der Waals surface area contributed by atoms with Crippen LogP contribution in [-0.2, 0) is 19.6 Å². The third kappa shape index (κ3) is 4.02. The molecule has 0 radical (unpaired) electrons. The minimum absolute atomic E-state index is 0.0529. The van der Waals surface area contributed by atoms with E-state index >= 15 is 0 Å². The number of nitrogens with zero attached hydrogens (tertiary/aromatic N) is 1. The van der Waals surface area contributed by atoms with E-state index in [1.165, 1.54) is 22.5 Å². The highest BCUT2D eigenvalue weighted by molar-refractivity contribution is 7.89. The molecule has 1 unspecified atom stereocenters. The molecule has 4 rings (SSSR count). The summed E-state index contributed by atoms with van der Waals surface area (Å²) in [5.74, 6) is -0.226. The van der Waals surface area contributed by atoms with Crippen LogP contribution in [0.1, 0.15) is 17.3 Å². The van der Waals surface area contributed by atoms with Crippen molar-refractivity contribution in [3.8, 4) is 5.75 Å². The first-order chi connectivity index (χ1) is 14.3. The maximum Gasteiger partial charge on any atom is 0.265 e. The molecule has 1 atom stereocenters. The molecule has 2 aromatic carbocycles. The summed E-state index contributed by atoms with van der Waals surface area (Å²) in [6.45, 7) is 2.89. The number of benzene rings is 2. The number of hydrogen-bond donors (Lipinski definition) is 2. The highest BCUT2D eigenvalue weighted by Gasteiger charge is 2.27. The summed E-state index contributed by atoms with van der Waals surface area (Å²) in [5.41, 5.74) is 1.11. The molecule has 2 amide bonds. The van der Waals surface area contributed by atoms with Gasteiger partial charge in [-0.3, -0.25) is 9.59 Å². The van der Waals surface area contributed by atoms with E-state index in [4.69, 9.17) is 9.47 Å². The number of amides is 2. The van der Waals surface area contributed by atoms with Gasteiger partial charge in [-0.1, -0.05) is 6.07 Å². The Morgan fingerprint density at radius 2 is 1.93 bits per heavy atom. The average molecular weight is 431 g/mol. The Balaban J connectivity index is 1.53. The maximum absolute atomic E-state index is 12.8. The van der Waals surface area contributed by atoms with Crippen LogP contribution >= 0.6 is 0 Å². The van der Waals surface area contributed by atoms with Crippen molar-refractivity contribution in [2.45, 2.75) is 17.9 Å². The highest BCUT2D eigenvalue weighted by atomic mass is 32.2. The fraction of sp³-hybridized carbons (Fsp3) is 0.300. The molecular formula is C20H21N3O6S. The Morgan fingerprint density at radius 3 is 2.70 bits per heavy atom. The smallest absolute Gasteiger partial charge is 0.265 e. The molecule has 0 aliphatic carbocycles. The van der Waals surface area contributed by atoms with Crippen molar-refractivity contribution in [1.82, 2.24) is 4.31 Å². The Bertz CT molecular complexity index is 1100. The molecule has 2 N–H and O–H groups in total. The van der Waals surface area contributed by atoms with Crippen LogP contribution in [0.3, 0.4) is 0 Å². The van der Waals surface area contributed by atoms with E-state index in [1.54, 1.807) is 31.2 Å². The van der Waals surface area contributed by atoms with E-state index in [-0.39, 0.29) is 29.5 Å². The highest BCUT2D eigenvalue weighted by Crippen LogP contribution is 2.32. The number of nitrogens with one attached hydrogen (secondary N) is 2. The van der Waals surface area contributed by atoms with Crippen LogP contribution in [0.5, 0.6) is 5.75 Å². The van der Waals surface area contributed by atoms with Gasteiger partial charge in [0.1, 0.15) is 5.75 Å². The maximum atomic E-state index is 12.8. The number of carbonyl (C=O) groups is 2. The van der Waals surface area contributed by atoms with E-state index in [2.05, 4.69) is 10.6 Å². The first-order valence-electron chi connectivity index (χ1n) is 9.45. The summed E-state index contributed by atoms with van der Waals surface area (Å²) < 4.78 is 37.7. The van der Waals surface area contributed by atoms with Gasteiger partial charge in [-0.2, -0.15) is 4.31 Å². The molecule has 1 saturated heterocycles. The van der Waals surface area contributed by atoms with Crippen molar-refractivity contribution >= 4 is 33.2 Å². The van der Waals surface area contributed by atoms with Gasteiger partial charge in [0.15, 0.2) is 6.10 Å². The van der Waals surface area contributed by atoms with Gasteiger partial charge >= 0.3 is 0 Å². The van der Waals surface area contributed by atoms with Gasteiger partial charge < -0.3 is 20.1 Å². The quantitative estimate of drug-likeness (QED) is 0.761. The van der Waals surface area contributed by atoms with Crippen LogP contribution in [-0.4, -0.2) is 56.9 Å². The van der Waals surface area contributed by atoms with E-state index in [9.17, 15) is 18.0 Å². The van der Waals surface area contributed by atoms with Gasteiger partial charge in [0, 0.05) is 24.3 Å². The van der Waals surface area contributed by atoms with Crippen molar-refractivity contribution in [3.63, 3.8) is 0 Å². The molecule has 2 aromatic rings. The lowest BCUT2D eigenvalue weighted by Crippen LogP contribution is -2.40. The zero-order valence-corrected chi connectivity index (χ0v) is 17.1. The van der Waals surface area contributed by atoms with Crippen molar-refractivity contribution in [3.05, 3.63) is 48.0 Å². The number of morpholine rings is 1. The van der Waals surface area contributed by atoms with Crippen molar-refractivity contribution < 1.29 is 27.5 Å². The molecule has 0 bridgehead atoms. The zero-order valence-electron chi connectivity index (χ0n) is 16.3. The fourth-order valence-electron chi connectivity index (χ4n) is 3.22. The van der Waals surface area contributed by atoms with E-state index < -0.39 is 22.0 Å². The minimum Gasteiger partial charge on any atom is -0.479 e. The number of sulfonamides is 1. The molecule has 0 aromatic heterocycles. The molecule has 158 valence electrons. The molecule has 9 nitrogen and oxygen atoms in total. The number of hydrogen-bond acceptors (Lipinski definition) is 6. The molecule has 2 heterocycles. The van der Waals surface area contributed by atoms with Crippen LogP contribution in [0.2, 0.25) is 0 Å². The first-order valence-corrected chi connectivity index (χ1v) is 10.9. The lowest BCUT2D eigenvalue weighted by molar-refractivity contribution is -0.122. The number of ether oxygens (including phenoxy) is 2. The largest absolute Gasteiger partial charge is 0.479 e. The van der Waals surface area contributed by atoms with Crippen molar-refractivity contribution in [1.29, 1.82) is 0 Å². The molecule has 10 heteroatoms. The summed E-state index contributed by atoms with van der Waals surface area (Å²) in [7, 11) is -3.71. The normalized spacial score (nSPS) is 19.4. The Morgan fingerprint density at radius 1 is 1.17 bits per heavy atom. The average Bonchev–Trinajstić information content (AvgIpc) is 2.75. The molecule has 2 aliphatic rings. The number of rotatable bonds is 4. The molecule has 30 heavy (non-hydrogen) atoms. The Labute approximate surface area is 174 Å².